The average Bonchev–Trinajstić information content (AvgIpc) is 2.39. The molecule has 2 N–H and O–H groups in total. The van der Waals surface area contributed by atoms with Crippen molar-refractivity contribution in [3.8, 4) is 0 Å². The third-order valence-electron chi connectivity index (χ3n) is 3.53. The largest absolute Gasteiger partial charge is 0.399 e. The predicted octanol–water partition coefficient (Wildman–Crippen LogP) is 2.59. The van der Waals surface area contributed by atoms with Crippen LogP contribution in [0.25, 0.3) is 0 Å². The first-order valence-electron chi connectivity index (χ1n) is 6.68. The highest BCUT2D eigenvalue weighted by atomic mass is 16.5. The van der Waals surface area contributed by atoms with E-state index in [1.807, 2.05) is 24.3 Å². The van der Waals surface area contributed by atoms with Gasteiger partial charge in [0.15, 0.2) is 0 Å². The Morgan fingerprint density at radius 3 is 2.56 bits per heavy atom. The van der Waals surface area contributed by atoms with Crippen molar-refractivity contribution in [2.45, 2.75) is 32.1 Å². The van der Waals surface area contributed by atoms with E-state index in [1.54, 1.807) is 0 Å². The van der Waals surface area contributed by atoms with Crippen molar-refractivity contribution >= 4 is 11.5 Å². The molecule has 0 unspecified atom stereocenters. The number of benzene rings is 1. The number of Topliss-reactive ketones (excluding diaryl/α,β-unsaturated/α-hetero) is 1. The molecule has 1 aliphatic heterocycles. The second-order valence-electron chi connectivity index (χ2n) is 5.04. The number of nitrogen functional groups attached to an aromatic ring is 1. The summed E-state index contributed by atoms with van der Waals surface area (Å²) in [4.78, 5) is 11.9. The molecule has 0 atom stereocenters. The van der Waals surface area contributed by atoms with Crippen molar-refractivity contribution in [1.29, 1.82) is 0 Å². The molecule has 0 spiro atoms. The van der Waals surface area contributed by atoms with Gasteiger partial charge in [-0.3, -0.25) is 4.79 Å². The fraction of sp³-hybridized carbons (Fsp3) is 0.533. The summed E-state index contributed by atoms with van der Waals surface area (Å²) < 4.78 is 5.30. The summed E-state index contributed by atoms with van der Waals surface area (Å²) in [6.07, 6.45) is 4.25. The van der Waals surface area contributed by atoms with Gasteiger partial charge in [-0.05, 0) is 42.9 Å². The van der Waals surface area contributed by atoms with Gasteiger partial charge in [0.05, 0.1) is 0 Å². The predicted molar refractivity (Wildman–Crippen MR) is 72.3 cm³/mol. The standard InChI is InChI=1S/C15H21NO2/c16-14-4-1-12(2-5-14)3-6-15(17)11-13-7-9-18-10-8-13/h1-2,4-5,13H,3,6-11,16H2. The van der Waals surface area contributed by atoms with E-state index in [0.29, 0.717) is 18.1 Å². The number of ether oxygens (including phenoxy) is 1. The smallest absolute Gasteiger partial charge is 0.133 e. The van der Waals surface area contributed by atoms with Crippen LogP contribution >= 0.6 is 0 Å². The molecular formula is C15H21NO2. The Bertz CT molecular complexity index is 380. The minimum atomic E-state index is 0.374. The quantitative estimate of drug-likeness (QED) is 0.814. The first kappa shape index (κ1) is 13.1. The second-order valence-corrected chi connectivity index (χ2v) is 5.04. The van der Waals surface area contributed by atoms with Crippen LogP contribution in [0.15, 0.2) is 24.3 Å². The minimum absolute atomic E-state index is 0.374. The summed E-state index contributed by atoms with van der Waals surface area (Å²) in [6, 6.07) is 7.77. The molecule has 0 saturated carbocycles. The molecular weight excluding hydrogens is 226 g/mol. The number of hydrogen-bond donors (Lipinski definition) is 1. The van der Waals surface area contributed by atoms with Crippen LogP contribution in [0.2, 0.25) is 0 Å². The van der Waals surface area contributed by atoms with Crippen molar-refractivity contribution in [3.05, 3.63) is 29.8 Å². The van der Waals surface area contributed by atoms with Gasteiger partial charge in [-0.2, -0.15) is 0 Å². The number of ketones is 1. The van der Waals surface area contributed by atoms with Crippen LogP contribution in [0.4, 0.5) is 5.69 Å². The Balaban J connectivity index is 1.72. The maximum Gasteiger partial charge on any atom is 0.133 e. The molecule has 1 aromatic carbocycles. The lowest BCUT2D eigenvalue weighted by molar-refractivity contribution is -0.120. The van der Waals surface area contributed by atoms with E-state index in [9.17, 15) is 4.79 Å². The number of aryl methyl sites for hydroxylation is 1. The molecule has 1 saturated heterocycles. The zero-order valence-corrected chi connectivity index (χ0v) is 10.7. The van der Waals surface area contributed by atoms with Crippen LogP contribution < -0.4 is 5.73 Å². The van der Waals surface area contributed by atoms with Crippen LogP contribution in [-0.2, 0) is 16.0 Å². The Kier molecular flexibility index (Phi) is 4.76. The number of carbonyl (C=O) groups excluding carboxylic acids is 1. The number of nitrogens with two attached hydrogens (primary N) is 1. The first-order chi connectivity index (χ1) is 8.74. The van der Waals surface area contributed by atoms with Gasteiger partial charge in [0.2, 0.25) is 0 Å². The van der Waals surface area contributed by atoms with Gasteiger partial charge in [-0.15, -0.1) is 0 Å². The molecule has 1 fully saturated rings. The van der Waals surface area contributed by atoms with Gasteiger partial charge >= 0.3 is 0 Å². The SMILES string of the molecule is Nc1ccc(CCC(=O)CC2CCOCC2)cc1. The average molecular weight is 247 g/mol. The van der Waals surface area contributed by atoms with Crippen molar-refractivity contribution in [2.75, 3.05) is 18.9 Å². The number of hydrogen-bond acceptors (Lipinski definition) is 3. The Morgan fingerprint density at radius 1 is 1.22 bits per heavy atom. The highest BCUT2D eigenvalue weighted by molar-refractivity contribution is 5.78. The van der Waals surface area contributed by atoms with Crippen LogP contribution in [0.1, 0.15) is 31.2 Å². The number of carbonyl (C=O) groups is 1. The number of rotatable bonds is 5. The van der Waals surface area contributed by atoms with E-state index >= 15 is 0 Å². The van der Waals surface area contributed by atoms with Crippen LogP contribution in [0.5, 0.6) is 0 Å². The van der Waals surface area contributed by atoms with E-state index in [2.05, 4.69) is 0 Å². The highest BCUT2D eigenvalue weighted by Gasteiger charge is 2.17. The molecule has 1 aromatic rings. The molecule has 0 radical (unpaired) electrons. The first-order valence-corrected chi connectivity index (χ1v) is 6.68. The topological polar surface area (TPSA) is 52.3 Å². The monoisotopic (exact) mass is 247 g/mol. The molecule has 1 aliphatic rings. The molecule has 0 aromatic heterocycles. The summed E-state index contributed by atoms with van der Waals surface area (Å²) in [6.45, 7) is 1.63. The molecule has 0 aliphatic carbocycles. The van der Waals surface area contributed by atoms with Crippen LogP contribution in [0.3, 0.4) is 0 Å². The Hall–Kier alpha value is -1.35. The van der Waals surface area contributed by atoms with Gasteiger partial charge < -0.3 is 10.5 Å². The van der Waals surface area contributed by atoms with Crippen molar-refractivity contribution in [2.24, 2.45) is 5.92 Å². The maximum atomic E-state index is 11.9. The van der Waals surface area contributed by atoms with E-state index < -0.39 is 0 Å². The van der Waals surface area contributed by atoms with E-state index in [-0.39, 0.29) is 0 Å². The molecule has 2 rings (SSSR count). The lowest BCUT2D eigenvalue weighted by Gasteiger charge is -2.21. The van der Waals surface area contributed by atoms with Crippen LogP contribution in [0, 0.1) is 5.92 Å². The molecule has 1 heterocycles. The Morgan fingerprint density at radius 2 is 1.89 bits per heavy atom. The summed E-state index contributed by atoms with van der Waals surface area (Å²) in [5.41, 5.74) is 7.58. The summed E-state index contributed by atoms with van der Waals surface area (Å²) in [5, 5.41) is 0. The Labute approximate surface area is 108 Å². The molecule has 18 heavy (non-hydrogen) atoms. The van der Waals surface area contributed by atoms with Gasteiger partial charge in [0, 0.05) is 31.7 Å². The van der Waals surface area contributed by atoms with Crippen molar-refractivity contribution in [1.82, 2.24) is 0 Å². The maximum absolute atomic E-state index is 11.9. The molecule has 0 amide bonds. The fourth-order valence-electron chi connectivity index (χ4n) is 2.34. The number of anilines is 1. The molecule has 3 nitrogen and oxygen atoms in total. The van der Waals surface area contributed by atoms with Crippen molar-refractivity contribution in [3.63, 3.8) is 0 Å². The van der Waals surface area contributed by atoms with Gasteiger partial charge in [-0.1, -0.05) is 12.1 Å². The molecule has 98 valence electrons. The van der Waals surface area contributed by atoms with Gasteiger partial charge in [0.1, 0.15) is 5.78 Å². The summed E-state index contributed by atoms with van der Waals surface area (Å²) in [7, 11) is 0. The lowest BCUT2D eigenvalue weighted by Crippen LogP contribution is -2.18. The van der Waals surface area contributed by atoms with E-state index in [4.69, 9.17) is 10.5 Å². The zero-order chi connectivity index (χ0) is 12.8. The van der Waals surface area contributed by atoms with Crippen molar-refractivity contribution < 1.29 is 9.53 Å². The minimum Gasteiger partial charge on any atom is -0.399 e. The summed E-state index contributed by atoms with van der Waals surface area (Å²) >= 11 is 0. The normalized spacial score (nSPS) is 16.7. The lowest BCUT2D eigenvalue weighted by atomic mass is 9.92. The molecule has 0 bridgehead atoms. The van der Waals surface area contributed by atoms with Crippen LogP contribution in [-0.4, -0.2) is 19.0 Å². The molecule has 3 heteroatoms. The third-order valence-corrected chi connectivity index (χ3v) is 3.53. The summed E-state index contributed by atoms with van der Waals surface area (Å²) in [5.74, 6) is 0.913. The zero-order valence-electron chi connectivity index (χ0n) is 10.7. The van der Waals surface area contributed by atoms with E-state index in [1.165, 1.54) is 5.56 Å². The fourth-order valence-corrected chi connectivity index (χ4v) is 2.34. The van der Waals surface area contributed by atoms with Gasteiger partial charge in [0.25, 0.3) is 0 Å². The highest BCUT2D eigenvalue weighted by Crippen LogP contribution is 2.20. The van der Waals surface area contributed by atoms with E-state index in [0.717, 1.165) is 44.6 Å². The second kappa shape index (κ2) is 6.55. The third kappa shape index (κ3) is 4.15. The van der Waals surface area contributed by atoms with Gasteiger partial charge in [-0.25, -0.2) is 0 Å².